The van der Waals surface area contributed by atoms with Crippen molar-refractivity contribution in [2.45, 2.75) is 33.2 Å². The molecule has 7 heteroatoms. The van der Waals surface area contributed by atoms with Crippen LogP contribution in [0, 0.1) is 6.92 Å². The van der Waals surface area contributed by atoms with Crippen LogP contribution >= 0.6 is 0 Å². The van der Waals surface area contributed by atoms with E-state index in [1.165, 1.54) is 5.56 Å². The van der Waals surface area contributed by atoms with E-state index in [0.717, 1.165) is 24.2 Å². The first-order valence-corrected chi connectivity index (χ1v) is 8.98. The number of nitrogens with zero attached hydrogens (tertiary/aromatic N) is 4. The van der Waals surface area contributed by atoms with Crippen LogP contribution in [0.5, 0.6) is 0 Å². The minimum absolute atomic E-state index is 0.193. The van der Waals surface area contributed by atoms with Crippen LogP contribution in [0.15, 0.2) is 53.2 Å². The molecule has 0 bridgehead atoms. The van der Waals surface area contributed by atoms with Gasteiger partial charge < -0.3 is 14.7 Å². The highest BCUT2D eigenvalue weighted by atomic mass is 16.5. The molecule has 0 fully saturated rings. The van der Waals surface area contributed by atoms with Crippen molar-refractivity contribution in [2.24, 2.45) is 0 Å². The number of nitrogens with one attached hydrogen (secondary N) is 1. The number of aromatic nitrogens is 3. The molecule has 0 spiro atoms. The monoisotopic (exact) mass is 365 g/mol. The largest absolute Gasteiger partial charge is 0.340 e. The first-order valence-electron chi connectivity index (χ1n) is 8.98. The zero-order chi connectivity index (χ0) is 19.1. The number of amides is 2. The average Bonchev–Trinajstić information content (AvgIpc) is 3.11. The molecule has 0 aliphatic carbocycles. The summed E-state index contributed by atoms with van der Waals surface area (Å²) in [5, 5.41) is 6.75. The molecule has 7 nitrogen and oxygen atoms in total. The van der Waals surface area contributed by atoms with Gasteiger partial charge in [0.2, 0.25) is 5.89 Å². The molecule has 2 amide bonds. The van der Waals surface area contributed by atoms with Gasteiger partial charge in [0.05, 0.1) is 6.54 Å². The van der Waals surface area contributed by atoms with E-state index in [4.69, 9.17) is 4.52 Å². The van der Waals surface area contributed by atoms with E-state index in [9.17, 15) is 4.79 Å². The molecule has 27 heavy (non-hydrogen) atoms. The van der Waals surface area contributed by atoms with E-state index in [0.29, 0.717) is 24.8 Å². The molecular weight excluding hydrogens is 342 g/mol. The average molecular weight is 365 g/mol. The maximum absolute atomic E-state index is 12.5. The Kier molecular flexibility index (Phi) is 6.14. The van der Waals surface area contributed by atoms with E-state index >= 15 is 0 Å². The Labute approximate surface area is 158 Å². The summed E-state index contributed by atoms with van der Waals surface area (Å²) in [5.74, 6) is 0.983. The smallest absolute Gasteiger partial charge is 0.322 e. The van der Waals surface area contributed by atoms with Crippen LogP contribution in [0.1, 0.15) is 29.9 Å². The Morgan fingerprint density at radius 3 is 2.59 bits per heavy atom. The van der Waals surface area contributed by atoms with Gasteiger partial charge in [0, 0.05) is 31.0 Å². The van der Waals surface area contributed by atoms with Crippen molar-refractivity contribution >= 4 is 11.7 Å². The van der Waals surface area contributed by atoms with Gasteiger partial charge in [-0.3, -0.25) is 4.98 Å². The zero-order valence-electron chi connectivity index (χ0n) is 15.6. The second-order valence-electron chi connectivity index (χ2n) is 6.19. The molecule has 0 radical (unpaired) electrons. The van der Waals surface area contributed by atoms with Crippen LogP contribution in [0.4, 0.5) is 10.5 Å². The molecule has 0 saturated carbocycles. The number of hydrogen-bond acceptors (Lipinski definition) is 5. The Hall–Kier alpha value is -3.22. The second kappa shape index (κ2) is 8.93. The van der Waals surface area contributed by atoms with Gasteiger partial charge in [0.25, 0.3) is 0 Å². The number of hydrogen-bond donors (Lipinski definition) is 1. The van der Waals surface area contributed by atoms with Gasteiger partial charge in [-0.1, -0.05) is 23.4 Å². The van der Waals surface area contributed by atoms with Crippen LogP contribution in [-0.2, 0) is 19.4 Å². The van der Waals surface area contributed by atoms with Crippen LogP contribution in [0.3, 0.4) is 0 Å². The van der Waals surface area contributed by atoms with E-state index in [1.54, 1.807) is 11.8 Å². The summed E-state index contributed by atoms with van der Waals surface area (Å²) >= 11 is 0. The lowest BCUT2D eigenvalue weighted by Crippen LogP contribution is -2.34. The van der Waals surface area contributed by atoms with Gasteiger partial charge in [-0.2, -0.15) is 4.98 Å². The van der Waals surface area contributed by atoms with Crippen LogP contribution < -0.4 is 5.32 Å². The van der Waals surface area contributed by atoms with Crippen molar-refractivity contribution in [1.29, 1.82) is 0 Å². The molecule has 0 aliphatic heterocycles. The van der Waals surface area contributed by atoms with E-state index < -0.39 is 0 Å². The summed E-state index contributed by atoms with van der Waals surface area (Å²) in [5.41, 5.74) is 3.03. The third-order valence-electron chi connectivity index (χ3n) is 4.17. The molecule has 0 saturated heterocycles. The maximum Gasteiger partial charge on any atom is 0.322 e. The fourth-order valence-electron chi connectivity index (χ4n) is 2.68. The summed E-state index contributed by atoms with van der Waals surface area (Å²) < 4.78 is 4.95. The topological polar surface area (TPSA) is 84.2 Å². The Balaban J connectivity index is 1.54. The van der Waals surface area contributed by atoms with Gasteiger partial charge in [0.1, 0.15) is 0 Å². The number of anilines is 1. The molecule has 2 heterocycles. The molecular formula is C20H23N5O2. The number of aryl methyl sites for hydroxylation is 3. The van der Waals surface area contributed by atoms with Crippen LogP contribution in [-0.4, -0.2) is 32.6 Å². The van der Waals surface area contributed by atoms with Crippen molar-refractivity contribution in [3.05, 3.63) is 71.6 Å². The first-order chi connectivity index (χ1) is 13.1. The van der Waals surface area contributed by atoms with Crippen LogP contribution in [0.25, 0.3) is 0 Å². The molecule has 140 valence electrons. The zero-order valence-corrected chi connectivity index (χ0v) is 15.6. The Bertz CT molecular complexity index is 862. The van der Waals surface area contributed by atoms with Gasteiger partial charge in [-0.25, -0.2) is 4.79 Å². The highest BCUT2D eigenvalue weighted by Crippen LogP contribution is 2.13. The van der Waals surface area contributed by atoms with Crippen molar-refractivity contribution in [1.82, 2.24) is 20.0 Å². The second-order valence-corrected chi connectivity index (χ2v) is 6.19. The highest BCUT2D eigenvalue weighted by molar-refractivity contribution is 5.89. The van der Waals surface area contributed by atoms with Crippen LogP contribution in [0.2, 0.25) is 0 Å². The lowest BCUT2D eigenvalue weighted by atomic mass is 10.1. The Morgan fingerprint density at radius 2 is 1.96 bits per heavy atom. The van der Waals surface area contributed by atoms with Gasteiger partial charge in [-0.05, 0) is 49.6 Å². The minimum Gasteiger partial charge on any atom is -0.340 e. The lowest BCUT2D eigenvalue weighted by Gasteiger charge is -2.19. The van der Waals surface area contributed by atoms with Crippen molar-refractivity contribution in [3.63, 3.8) is 0 Å². The lowest BCUT2D eigenvalue weighted by molar-refractivity contribution is 0.210. The van der Waals surface area contributed by atoms with Crippen molar-refractivity contribution in [3.8, 4) is 0 Å². The molecule has 1 aromatic carbocycles. The SMILES string of the molecule is CCN(Cc1noc(C)n1)C(=O)Nc1ccc(CCc2ccccn2)cc1. The predicted octanol–water partition coefficient (Wildman–Crippen LogP) is 3.61. The number of rotatable bonds is 7. The number of urea groups is 1. The van der Waals surface area contributed by atoms with Gasteiger partial charge in [0.15, 0.2) is 5.82 Å². The van der Waals surface area contributed by atoms with Crippen molar-refractivity contribution < 1.29 is 9.32 Å². The quantitative estimate of drug-likeness (QED) is 0.691. The summed E-state index contributed by atoms with van der Waals surface area (Å²) in [6, 6.07) is 13.6. The van der Waals surface area contributed by atoms with Gasteiger partial charge >= 0.3 is 6.03 Å². The van der Waals surface area contributed by atoms with E-state index in [-0.39, 0.29) is 6.03 Å². The number of carbonyl (C=O) groups excluding carboxylic acids is 1. The first kappa shape index (κ1) is 18.6. The van der Waals surface area contributed by atoms with Gasteiger partial charge in [-0.15, -0.1) is 0 Å². The molecule has 3 rings (SSSR count). The molecule has 3 aromatic rings. The highest BCUT2D eigenvalue weighted by Gasteiger charge is 2.15. The summed E-state index contributed by atoms with van der Waals surface area (Å²) in [7, 11) is 0. The fourth-order valence-corrected chi connectivity index (χ4v) is 2.68. The summed E-state index contributed by atoms with van der Waals surface area (Å²) in [6.07, 6.45) is 3.60. The standard InChI is InChI=1S/C20H23N5O2/c1-3-25(14-19-22-15(2)27-24-19)20(26)23-18-11-8-16(9-12-18)7-10-17-6-4-5-13-21-17/h4-6,8-9,11-13H,3,7,10,14H2,1-2H3,(H,23,26). The minimum atomic E-state index is -0.193. The molecule has 0 aliphatic rings. The van der Waals surface area contributed by atoms with Crippen molar-refractivity contribution in [2.75, 3.05) is 11.9 Å². The number of pyridine rings is 1. The summed E-state index contributed by atoms with van der Waals surface area (Å²) in [6.45, 7) is 4.49. The third kappa shape index (κ3) is 5.37. The number of benzene rings is 1. The Morgan fingerprint density at radius 1 is 1.15 bits per heavy atom. The third-order valence-corrected chi connectivity index (χ3v) is 4.17. The predicted molar refractivity (Wildman–Crippen MR) is 102 cm³/mol. The molecule has 0 unspecified atom stereocenters. The maximum atomic E-state index is 12.5. The van der Waals surface area contributed by atoms with E-state index in [1.807, 2.05) is 55.6 Å². The molecule has 1 N–H and O–H groups in total. The molecule has 2 aromatic heterocycles. The van der Waals surface area contributed by atoms with E-state index in [2.05, 4.69) is 20.4 Å². The summed E-state index contributed by atoms with van der Waals surface area (Å²) in [4.78, 5) is 22.6. The fraction of sp³-hybridized carbons (Fsp3) is 0.300. The number of carbonyl (C=O) groups is 1. The normalized spacial score (nSPS) is 10.6. The molecule has 0 atom stereocenters.